The van der Waals surface area contributed by atoms with Crippen LogP contribution in [0.5, 0.6) is 5.88 Å². The minimum atomic E-state index is -0.0785. The van der Waals surface area contributed by atoms with Gasteiger partial charge in [0, 0.05) is 13.2 Å². The fraction of sp³-hybridized carbons (Fsp3) is 0.533. The molecule has 0 radical (unpaired) electrons. The Hall–Kier alpha value is -1.73. The summed E-state index contributed by atoms with van der Waals surface area (Å²) >= 11 is 1.36. The van der Waals surface area contributed by atoms with Crippen LogP contribution < -0.4 is 10.1 Å². The van der Waals surface area contributed by atoms with E-state index < -0.39 is 0 Å². The van der Waals surface area contributed by atoms with E-state index in [1.165, 1.54) is 11.3 Å². The first kappa shape index (κ1) is 16.6. The van der Waals surface area contributed by atoms with Crippen molar-refractivity contribution in [3.63, 3.8) is 0 Å². The van der Waals surface area contributed by atoms with E-state index in [0.717, 1.165) is 22.2 Å². The molecule has 6 nitrogen and oxygen atoms in total. The molecule has 2 heterocycles. The quantitative estimate of drug-likeness (QED) is 0.885. The third kappa shape index (κ3) is 3.20. The second-order valence-corrected chi connectivity index (χ2v) is 6.10. The summed E-state index contributed by atoms with van der Waals surface area (Å²) < 4.78 is 10.4. The molecule has 1 amide bonds. The van der Waals surface area contributed by atoms with Gasteiger partial charge in [-0.15, -0.1) is 11.3 Å². The number of hydrogen-bond acceptors (Lipinski definition) is 6. The summed E-state index contributed by atoms with van der Waals surface area (Å²) in [6.45, 7) is 6.22. The van der Waals surface area contributed by atoms with Crippen molar-refractivity contribution in [2.75, 3.05) is 14.2 Å². The number of nitrogens with one attached hydrogen (secondary N) is 1. The zero-order valence-corrected chi connectivity index (χ0v) is 14.3. The van der Waals surface area contributed by atoms with Crippen molar-refractivity contribution in [1.82, 2.24) is 15.3 Å². The van der Waals surface area contributed by atoms with Crippen LogP contribution in [0.25, 0.3) is 10.2 Å². The van der Waals surface area contributed by atoms with Crippen LogP contribution in [0, 0.1) is 6.92 Å². The first-order valence-electron chi connectivity index (χ1n) is 7.15. The zero-order valence-electron chi connectivity index (χ0n) is 13.5. The molecule has 0 fully saturated rings. The lowest BCUT2D eigenvalue weighted by molar-refractivity contribution is 0.0943. The van der Waals surface area contributed by atoms with E-state index in [0.29, 0.717) is 23.2 Å². The Kier molecular flexibility index (Phi) is 5.31. The summed E-state index contributed by atoms with van der Waals surface area (Å²) in [5, 5.41) is 3.78. The van der Waals surface area contributed by atoms with Crippen LogP contribution in [-0.2, 0) is 11.3 Å². The molecule has 0 spiro atoms. The van der Waals surface area contributed by atoms with Crippen molar-refractivity contribution < 1.29 is 14.3 Å². The average molecular weight is 323 g/mol. The van der Waals surface area contributed by atoms with Crippen molar-refractivity contribution in [1.29, 1.82) is 0 Å². The lowest BCUT2D eigenvalue weighted by Crippen LogP contribution is -2.31. The highest BCUT2D eigenvalue weighted by Gasteiger charge is 2.21. The number of amides is 1. The maximum atomic E-state index is 12.4. The van der Waals surface area contributed by atoms with Crippen LogP contribution in [0.1, 0.15) is 41.3 Å². The van der Waals surface area contributed by atoms with Gasteiger partial charge in [0.1, 0.15) is 11.4 Å². The predicted octanol–water partition coefficient (Wildman–Crippen LogP) is 2.68. The van der Waals surface area contributed by atoms with Crippen LogP contribution in [0.3, 0.4) is 0 Å². The van der Waals surface area contributed by atoms with Gasteiger partial charge in [-0.25, -0.2) is 4.98 Å². The van der Waals surface area contributed by atoms with Gasteiger partial charge in [0.15, 0.2) is 5.82 Å². The Bertz CT molecular complexity index is 684. The molecule has 0 aliphatic heterocycles. The van der Waals surface area contributed by atoms with Gasteiger partial charge >= 0.3 is 0 Å². The second kappa shape index (κ2) is 7.02. The van der Waals surface area contributed by atoms with E-state index in [2.05, 4.69) is 15.3 Å². The Morgan fingerprint density at radius 3 is 2.68 bits per heavy atom. The van der Waals surface area contributed by atoms with Gasteiger partial charge < -0.3 is 14.8 Å². The number of aromatic nitrogens is 2. The zero-order chi connectivity index (χ0) is 16.3. The number of aryl methyl sites for hydroxylation is 1. The molecule has 120 valence electrons. The van der Waals surface area contributed by atoms with E-state index in [-0.39, 0.29) is 11.9 Å². The first-order chi connectivity index (χ1) is 10.5. The van der Waals surface area contributed by atoms with Crippen LogP contribution in [-0.4, -0.2) is 36.1 Å². The normalized spacial score (nSPS) is 12.4. The highest BCUT2D eigenvalue weighted by molar-refractivity contribution is 7.20. The Morgan fingerprint density at radius 2 is 2.09 bits per heavy atom. The molecular formula is C15H21N3O3S. The molecule has 2 aromatic rings. The van der Waals surface area contributed by atoms with Crippen molar-refractivity contribution >= 4 is 27.5 Å². The van der Waals surface area contributed by atoms with Gasteiger partial charge in [-0.2, -0.15) is 4.98 Å². The molecular weight excluding hydrogens is 302 g/mol. The fourth-order valence-corrected chi connectivity index (χ4v) is 3.19. The molecule has 2 rings (SSSR count). The first-order valence-corrected chi connectivity index (χ1v) is 7.97. The monoisotopic (exact) mass is 323 g/mol. The largest absolute Gasteiger partial charge is 0.480 e. The summed E-state index contributed by atoms with van der Waals surface area (Å²) in [6, 6.07) is 0.133. The molecule has 1 N–H and O–H groups in total. The lowest BCUT2D eigenvalue weighted by atomic mass is 10.2. The summed E-state index contributed by atoms with van der Waals surface area (Å²) in [5.74, 6) is 0.945. The fourth-order valence-electron chi connectivity index (χ4n) is 2.09. The molecule has 0 bridgehead atoms. The predicted molar refractivity (Wildman–Crippen MR) is 86.6 cm³/mol. The molecule has 0 saturated heterocycles. The smallest absolute Gasteiger partial charge is 0.261 e. The number of fused-ring (bicyclic) bond motifs is 1. The maximum absolute atomic E-state index is 12.4. The summed E-state index contributed by atoms with van der Waals surface area (Å²) in [6.07, 6.45) is 0.886. The minimum Gasteiger partial charge on any atom is -0.480 e. The van der Waals surface area contributed by atoms with E-state index in [1.807, 2.05) is 20.8 Å². The van der Waals surface area contributed by atoms with E-state index in [1.54, 1.807) is 14.2 Å². The number of thiophene rings is 1. The molecule has 0 saturated carbocycles. The second-order valence-electron chi connectivity index (χ2n) is 5.10. The van der Waals surface area contributed by atoms with Gasteiger partial charge in [0.05, 0.1) is 17.4 Å². The average Bonchev–Trinajstić information content (AvgIpc) is 2.84. The number of carbonyl (C=O) groups is 1. The third-order valence-corrected chi connectivity index (χ3v) is 4.65. The molecule has 1 atom stereocenters. The van der Waals surface area contributed by atoms with E-state index in [4.69, 9.17) is 9.47 Å². The van der Waals surface area contributed by atoms with Crippen LogP contribution in [0.2, 0.25) is 0 Å². The number of ether oxygens (including phenoxy) is 2. The van der Waals surface area contributed by atoms with Gasteiger partial charge in [-0.05, 0) is 25.8 Å². The number of hydrogen-bond donors (Lipinski definition) is 1. The maximum Gasteiger partial charge on any atom is 0.261 e. The van der Waals surface area contributed by atoms with Crippen molar-refractivity contribution in [2.24, 2.45) is 0 Å². The summed E-state index contributed by atoms with van der Waals surface area (Å²) in [5.41, 5.74) is 0.849. The molecule has 22 heavy (non-hydrogen) atoms. The summed E-state index contributed by atoms with van der Waals surface area (Å²) in [7, 11) is 3.15. The number of rotatable bonds is 6. The lowest BCUT2D eigenvalue weighted by Gasteiger charge is -2.10. The van der Waals surface area contributed by atoms with Gasteiger partial charge in [-0.3, -0.25) is 4.79 Å². The van der Waals surface area contributed by atoms with Gasteiger partial charge in [0.25, 0.3) is 5.91 Å². The SMILES string of the molecule is CCC(C)NC(=O)c1sc2nc(COC)nc(OC)c2c1C. The van der Waals surface area contributed by atoms with Crippen LogP contribution in [0.15, 0.2) is 0 Å². The highest BCUT2D eigenvalue weighted by atomic mass is 32.1. The number of methoxy groups -OCH3 is 2. The van der Waals surface area contributed by atoms with Crippen molar-refractivity contribution in [3.05, 3.63) is 16.3 Å². The minimum absolute atomic E-state index is 0.0785. The topological polar surface area (TPSA) is 73.3 Å². The molecule has 0 aliphatic carbocycles. The Balaban J connectivity index is 2.49. The molecule has 7 heteroatoms. The van der Waals surface area contributed by atoms with Crippen molar-refractivity contribution in [2.45, 2.75) is 39.8 Å². The van der Waals surface area contributed by atoms with Gasteiger partial charge in [0.2, 0.25) is 5.88 Å². The summed E-state index contributed by atoms with van der Waals surface area (Å²) in [4.78, 5) is 22.6. The molecule has 2 aromatic heterocycles. The Labute approximate surface area is 133 Å². The number of nitrogens with zero attached hydrogens (tertiary/aromatic N) is 2. The Morgan fingerprint density at radius 1 is 1.36 bits per heavy atom. The third-order valence-electron chi connectivity index (χ3n) is 3.47. The van der Waals surface area contributed by atoms with Crippen LogP contribution in [0.4, 0.5) is 0 Å². The number of carbonyl (C=O) groups excluding carboxylic acids is 1. The molecule has 0 aromatic carbocycles. The van der Waals surface area contributed by atoms with Crippen LogP contribution >= 0.6 is 11.3 Å². The molecule has 0 aliphatic rings. The molecule has 1 unspecified atom stereocenters. The highest BCUT2D eigenvalue weighted by Crippen LogP contribution is 2.35. The standard InChI is InChI=1S/C15H21N3O3S/c1-6-8(2)16-13(19)12-9(3)11-14(21-5)17-10(7-20-4)18-15(11)22-12/h8H,6-7H2,1-5H3,(H,16,19). The van der Waals surface area contributed by atoms with E-state index >= 15 is 0 Å². The van der Waals surface area contributed by atoms with Crippen molar-refractivity contribution in [3.8, 4) is 5.88 Å². The van der Waals surface area contributed by atoms with Gasteiger partial charge in [-0.1, -0.05) is 6.92 Å². The van der Waals surface area contributed by atoms with E-state index in [9.17, 15) is 4.79 Å².